The molecule has 0 fully saturated rings. The summed E-state index contributed by atoms with van der Waals surface area (Å²) in [5, 5.41) is 3.00. The quantitative estimate of drug-likeness (QED) is 0.870. The zero-order valence-corrected chi connectivity index (χ0v) is 11.3. The molecule has 0 spiro atoms. The van der Waals surface area contributed by atoms with Gasteiger partial charge in [-0.15, -0.1) is 0 Å². The number of nitrogens with zero attached hydrogens (tertiary/aromatic N) is 3. The molecule has 0 aliphatic carbocycles. The van der Waals surface area contributed by atoms with Crippen molar-refractivity contribution in [3.05, 3.63) is 30.3 Å². The van der Waals surface area contributed by atoms with Gasteiger partial charge < -0.3 is 20.7 Å². The van der Waals surface area contributed by atoms with Crippen molar-refractivity contribution >= 4 is 23.3 Å². The molecule has 0 amide bonds. The van der Waals surface area contributed by atoms with E-state index in [1.165, 1.54) is 0 Å². The number of nitrogen functional groups attached to an aromatic ring is 1. The molecule has 6 heteroatoms. The summed E-state index contributed by atoms with van der Waals surface area (Å²) in [5.74, 6) is 2.61. The maximum Gasteiger partial charge on any atom is 0.223 e. The van der Waals surface area contributed by atoms with Gasteiger partial charge in [0, 0.05) is 19.7 Å². The maximum atomic E-state index is 5.78. The Bertz CT molecular complexity index is 616. The van der Waals surface area contributed by atoms with E-state index in [4.69, 9.17) is 10.5 Å². The number of nitrogens with one attached hydrogen (secondary N) is 1. The summed E-state index contributed by atoms with van der Waals surface area (Å²) in [5.41, 5.74) is 6.79. The van der Waals surface area contributed by atoms with E-state index in [1.54, 1.807) is 0 Å². The summed E-state index contributed by atoms with van der Waals surface area (Å²) in [6.07, 6.45) is 0.924. The molecule has 3 N–H and O–H groups in total. The van der Waals surface area contributed by atoms with Crippen molar-refractivity contribution in [3.63, 3.8) is 0 Å². The van der Waals surface area contributed by atoms with Gasteiger partial charge >= 0.3 is 0 Å². The van der Waals surface area contributed by atoms with Gasteiger partial charge in [-0.3, -0.25) is 0 Å². The van der Waals surface area contributed by atoms with E-state index in [9.17, 15) is 0 Å². The van der Waals surface area contributed by atoms with Crippen LogP contribution in [-0.2, 0) is 0 Å². The van der Waals surface area contributed by atoms with Crippen LogP contribution >= 0.6 is 0 Å². The summed E-state index contributed by atoms with van der Waals surface area (Å²) >= 11 is 0. The summed E-state index contributed by atoms with van der Waals surface area (Å²) in [4.78, 5) is 10.6. The van der Waals surface area contributed by atoms with Crippen molar-refractivity contribution in [2.45, 2.75) is 6.42 Å². The second kappa shape index (κ2) is 5.24. The molecule has 1 aromatic heterocycles. The highest BCUT2D eigenvalue weighted by molar-refractivity contribution is 5.69. The number of benzene rings is 1. The van der Waals surface area contributed by atoms with Crippen molar-refractivity contribution < 1.29 is 4.74 Å². The summed E-state index contributed by atoms with van der Waals surface area (Å²) in [6.45, 7) is 1.53. The van der Waals surface area contributed by atoms with Gasteiger partial charge in [0.25, 0.3) is 0 Å². The minimum absolute atomic E-state index is 0.259. The minimum atomic E-state index is 0.259. The normalized spacial score (nSPS) is 14.2. The first-order chi connectivity index (χ1) is 9.78. The first-order valence-electron chi connectivity index (χ1n) is 6.59. The van der Waals surface area contributed by atoms with Crippen LogP contribution in [0.1, 0.15) is 6.42 Å². The highest BCUT2D eigenvalue weighted by atomic mass is 16.5. The number of hydrogen-bond donors (Lipinski definition) is 2. The average Bonchev–Trinajstić information content (AvgIpc) is 2.69. The van der Waals surface area contributed by atoms with Crippen LogP contribution < -0.4 is 20.7 Å². The number of fused-ring (bicyclic) bond motifs is 1. The van der Waals surface area contributed by atoms with Gasteiger partial charge in [-0.05, 0) is 18.6 Å². The predicted molar refractivity (Wildman–Crippen MR) is 79.6 cm³/mol. The van der Waals surface area contributed by atoms with Crippen LogP contribution in [0.3, 0.4) is 0 Å². The number of ether oxygens (including phenoxy) is 1. The lowest BCUT2D eigenvalue weighted by molar-refractivity contribution is 0.322. The Labute approximate surface area is 117 Å². The van der Waals surface area contributed by atoms with Gasteiger partial charge in [-0.2, -0.15) is 9.97 Å². The van der Waals surface area contributed by atoms with Crippen molar-refractivity contribution in [2.75, 3.05) is 36.1 Å². The number of hydrogen-bond acceptors (Lipinski definition) is 6. The first-order valence-corrected chi connectivity index (χ1v) is 6.59. The Kier molecular flexibility index (Phi) is 3.28. The Morgan fingerprint density at radius 2 is 2.15 bits per heavy atom. The number of anilines is 4. The Balaban J connectivity index is 2.07. The number of para-hydroxylation sites is 2. The number of nitrogens with two attached hydrogens (primary N) is 1. The molecule has 1 aliphatic rings. The molecule has 1 aliphatic heterocycles. The number of aromatic nitrogens is 2. The predicted octanol–water partition coefficient (Wildman–Crippen LogP) is 2.02. The zero-order valence-electron chi connectivity index (χ0n) is 11.3. The fourth-order valence-corrected chi connectivity index (χ4v) is 2.28. The molecule has 0 radical (unpaired) electrons. The van der Waals surface area contributed by atoms with E-state index < -0.39 is 0 Å². The van der Waals surface area contributed by atoms with Crippen molar-refractivity contribution in [1.82, 2.24) is 9.97 Å². The van der Waals surface area contributed by atoms with Crippen molar-refractivity contribution in [3.8, 4) is 5.75 Å². The van der Waals surface area contributed by atoms with E-state index in [-0.39, 0.29) is 5.95 Å². The van der Waals surface area contributed by atoms with Crippen LogP contribution in [0.15, 0.2) is 30.3 Å². The van der Waals surface area contributed by atoms with Gasteiger partial charge in [0.05, 0.1) is 12.3 Å². The lowest BCUT2D eigenvalue weighted by atomic mass is 10.2. The average molecular weight is 271 g/mol. The van der Waals surface area contributed by atoms with Gasteiger partial charge in [0.15, 0.2) is 0 Å². The van der Waals surface area contributed by atoms with Crippen LogP contribution in [0.2, 0.25) is 0 Å². The molecular weight excluding hydrogens is 254 g/mol. The molecule has 0 atom stereocenters. The Hall–Kier alpha value is -2.50. The van der Waals surface area contributed by atoms with E-state index in [0.717, 1.165) is 30.2 Å². The summed E-state index contributed by atoms with van der Waals surface area (Å²) in [7, 11) is 1.81. The van der Waals surface area contributed by atoms with Crippen LogP contribution in [0.25, 0.3) is 0 Å². The SMILES string of the molecule is CNc1cc(N2CCCOc3ccccc32)nc(N)n1. The van der Waals surface area contributed by atoms with E-state index in [0.29, 0.717) is 12.4 Å². The van der Waals surface area contributed by atoms with Crippen LogP contribution in [0.5, 0.6) is 5.75 Å². The van der Waals surface area contributed by atoms with Crippen LogP contribution in [0.4, 0.5) is 23.3 Å². The third kappa shape index (κ3) is 2.32. The Morgan fingerprint density at radius 3 is 3.00 bits per heavy atom. The molecule has 6 nitrogen and oxygen atoms in total. The lowest BCUT2D eigenvalue weighted by Gasteiger charge is -2.23. The lowest BCUT2D eigenvalue weighted by Crippen LogP contribution is -2.20. The molecule has 2 heterocycles. The summed E-state index contributed by atoms with van der Waals surface area (Å²) < 4.78 is 5.76. The van der Waals surface area contributed by atoms with E-state index >= 15 is 0 Å². The smallest absolute Gasteiger partial charge is 0.223 e. The number of rotatable bonds is 2. The zero-order chi connectivity index (χ0) is 13.9. The van der Waals surface area contributed by atoms with Gasteiger partial charge in [-0.25, -0.2) is 0 Å². The standard InChI is InChI=1S/C14H17N5O/c1-16-12-9-13(18-14(15)17-12)19-7-4-8-20-11-6-3-2-5-10(11)19/h2-3,5-6,9H,4,7-8H2,1H3,(H3,15,16,17,18). The van der Waals surface area contributed by atoms with Gasteiger partial charge in [0.2, 0.25) is 5.95 Å². The van der Waals surface area contributed by atoms with Crippen LogP contribution in [-0.4, -0.2) is 30.2 Å². The summed E-state index contributed by atoms with van der Waals surface area (Å²) in [6, 6.07) is 9.84. The molecule has 0 bridgehead atoms. The topological polar surface area (TPSA) is 76.3 Å². The third-order valence-corrected chi connectivity index (χ3v) is 3.20. The molecule has 0 saturated carbocycles. The minimum Gasteiger partial charge on any atom is -0.491 e. The molecule has 1 aromatic carbocycles. The van der Waals surface area contributed by atoms with Crippen LogP contribution in [0, 0.1) is 0 Å². The van der Waals surface area contributed by atoms with Crippen molar-refractivity contribution in [2.24, 2.45) is 0 Å². The van der Waals surface area contributed by atoms with Gasteiger partial charge in [-0.1, -0.05) is 12.1 Å². The molecule has 2 aromatic rings. The second-order valence-corrected chi connectivity index (χ2v) is 4.54. The Morgan fingerprint density at radius 1 is 1.30 bits per heavy atom. The monoisotopic (exact) mass is 271 g/mol. The highest BCUT2D eigenvalue weighted by Crippen LogP contribution is 2.35. The molecule has 0 unspecified atom stereocenters. The first kappa shape index (κ1) is 12.5. The molecule has 20 heavy (non-hydrogen) atoms. The van der Waals surface area contributed by atoms with E-state index in [1.807, 2.05) is 37.4 Å². The molecule has 0 saturated heterocycles. The fourth-order valence-electron chi connectivity index (χ4n) is 2.28. The second-order valence-electron chi connectivity index (χ2n) is 4.54. The van der Waals surface area contributed by atoms with Gasteiger partial charge in [0.1, 0.15) is 17.4 Å². The maximum absolute atomic E-state index is 5.78. The molecule has 3 rings (SSSR count). The molecule has 104 valence electrons. The largest absolute Gasteiger partial charge is 0.491 e. The third-order valence-electron chi connectivity index (χ3n) is 3.20. The highest BCUT2D eigenvalue weighted by Gasteiger charge is 2.19. The van der Waals surface area contributed by atoms with E-state index in [2.05, 4.69) is 20.2 Å². The fraction of sp³-hybridized carbons (Fsp3) is 0.286. The van der Waals surface area contributed by atoms with Crippen molar-refractivity contribution in [1.29, 1.82) is 0 Å². The molecular formula is C14H17N5O.